The molecule has 2 nitrogen and oxygen atoms in total. The Kier molecular flexibility index (Phi) is 3.18. The zero-order valence-electron chi connectivity index (χ0n) is 9.02. The summed E-state index contributed by atoms with van der Waals surface area (Å²) in [5, 5.41) is 0. The van der Waals surface area contributed by atoms with Crippen molar-refractivity contribution in [1.29, 1.82) is 0 Å². The molecule has 0 aromatic rings. The van der Waals surface area contributed by atoms with Crippen LogP contribution in [0.15, 0.2) is 0 Å². The number of hydrogen-bond acceptors (Lipinski definition) is 2. The minimum Gasteiger partial charge on any atom is -0.456 e. The highest BCUT2D eigenvalue weighted by Crippen LogP contribution is 2.43. The fourth-order valence-electron chi connectivity index (χ4n) is 1.59. The largest absolute Gasteiger partial charge is 0.490 e. The van der Waals surface area contributed by atoms with Crippen LogP contribution in [0.1, 0.15) is 12.8 Å². The molecule has 0 aromatic carbocycles. The van der Waals surface area contributed by atoms with Crippen molar-refractivity contribution in [3.05, 3.63) is 0 Å². The second kappa shape index (κ2) is 3.81. The number of hydrogen-bond donors (Lipinski definition) is 0. The molecule has 88 valence electrons. The number of esters is 1. The quantitative estimate of drug-likeness (QED) is 0.548. The third-order valence-electron chi connectivity index (χ3n) is 2.82. The minimum atomic E-state index is -4.86. The predicted octanol–water partition coefficient (Wildman–Crippen LogP) is 2.96. The average Bonchev–Trinajstić information content (AvgIpc) is 1.90. The molecule has 1 aliphatic rings. The fourth-order valence-corrected chi connectivity index (χ4v) is 3.53. The molecule has 0 aliphatic heterocycles. The molecule has 1 rings (SSSR count). The first-order chi connectivity index (χ1) is 6.60. The smallest absolute Gasteiger partial charge is 0.456 e. The summed E-state index contributed by atoms with van der Waals surface area (Å²) in [5.74, 6) is -2.05. The van der Waals surface area contributed by atoms with Crippen LogP contribution in [0.25, 0.3) is 0 Å². The first kappa shape index (κ1) is 12.5. The molecule has 6 heteroatoms. The number of ether oxygens (including phenoxy) is 1. The van der Waals surface area contributed by atoms with Crippen LogP contribution in [0.4, 0.5) is 13.2 Å². The monoisotopic (exact) mass is 240 g/mol. The molecule has 0 saturated heterocycles. The van der Waals surface area contributed by atoms with E-state index >= 15 is 0 Å². The number of halogens is 3. The first-order valence-electron chi connectivity index (χ1n) is 4.88. The van der Waals surface area contributed by atoms with Gasteiger partial charge in [-0.25, -0.2) is 4.79 Å². The van der Waals surface area contributed by atoms with Crippen molar-refractivity contribution < 1.29 is 22.7 Å². The van der Waals surface area contributed by atoms with Crippen molar-refractivity contribution in [3.63, 3.8) is 0 Å². The van der Waals surface area contributed by atoms with Crippen LogP contribution in [0.3, 0.4) is 0 Å². The summed E-state index contributed by atoms with van der Waals surface area (Å²) in [6, 6.07) is 0. The zero-order valence-corrected chi connectivity index (χ0v) is 10.0. The second-order valence-corrected chi connectivity index (χ2v) is 10.6. The molecule has 0 atom stereocenters. The van der Waals surface area contributed by atoms with Gasteiger partial charge in [0.1, 0.15) is 6.10 Å². The Morgan fingerprint density at radius 2 is 1.73 bits per heavy atom. The molecular weight excluding hydrogens is 225 g/mol. The molecule has 0 bridgehead atoms. The Balaban J connectivity index is 2.33. The Morgan fingerprint density at radius 1 is 1.27 bits per heavy atom. The van der Waals surface area contributed by atoms with Gasteiger partial charge in [0.25, 0.3) is 0 Å². The highest BCUT2D eigenvalue weighted by molar-refractivity contribution is 6.77. The van der Waals surface area contributed by atoms with Crippen LogP contribution in [0.2, 0.25) is 25.2 Å². The van der Waals surface area contributed by atoms with Gasteiger partial charge in [0.15, 0.2) is 0 Å². The van der Waals surface area contributed by atoms with Crippen molar-refractivity contribution in [2.24, 2.45) is 0 Å². The summed E-state index contributed by atoms with van der Waals surface area (Å²) in [6.45, 7) is 6.50. The first-order valence-corrected chi connectivity index (χ1v) is 8.46. The van der Waals surface area contributed by atoms with E-state index in [0.717, 1.165) is 0 Å². The van der Waals surface area contributed by atoms with E-state index < -0.39 is 26.3 Å². The average molecular weight is 240 g/mol. The second-order valence-electron chi connectivity index (χ2n) is 5.06. The van der Waals surface area contributed by atoms with Crippen LogP contribution in [-0.4, -0.2) is 26.3 Å². The highest BCUT2D eigenvalue weighted by atomic mass is 28.3. The van der Waals surface area contributed by atoms with Gasteiger partial charge in [-0.05, 0) is 18.4 Å². The van der Waals surface area contributed by atoms with Gasteiger partial charge in [-0.3, -0.25) is 0 Å². The van der Waals surface area contributed by atoms with Gasteiger partial charge in [-0.15, -0.1) is 0 Å². The molecule has 0 unspecified atom stereocenters. The van der Waals surface area contributed by atoms with Gasteiger partial charge in [0, 0.05) is 8.07 Å². The minimum absolute atomic E-state index is 0.475. The molecule has 0 heterocycles. The van der Waals surface area contributed by atoms with Gasteiger partial charge in [0.05, 0.1) is 0 Å². The number of rotatable bonds is 2. The summed E-state index contributed by atoms with van der Waals surface area (Å²) in [4.78, 5) is 10.5. The highest BCUT2D eigenvalue weighted by Gasteiger charge is 2.46. The van der Waals surface area contributed by atoms with E-state index in [0.29, 0.717) is 18.4 Å². The molecule has 1 saturated carbocycles. The van der Waals surface area contributed by atoms with Crippen LogP contribution in [0.5, 0.6) is 0 Å². The molecule has 0 radical (unpaired) electrons. The van der Waals surface area contributed by atoms with Gasteiger partial charge in [-0.1, -0.05) is 19.6 Å². The van der Waals surface area contributed by atoms with Crippen LogP contribution < -0.4 is 0 Å². The summed E-state index contributed by atoms with van der Waals surface area (Å²) >= 11 is 0. The lowest BCUT2D eigenvalue weighted by Gasteiger charge is -2.41. The van der Waals surface area contributed by atoms with Gasteiger partial charge in [0.2, 0.25) is 0 Å². The third-order valence-corrected chi connectivity index (χ3v) is 5.75. The van der Waals surface area contributed by atoms with Crippen LogP contribution in [-0.2, 0) is 9.53 Å². The molecule has 0 spiro atoms. The van der Waals surface area contributed by atoms with Crippen molar-refractivity contribution in [3.8, 4) is 0 Å². The van der Waals surface area contributed by atoms with E-state index in [1.807, 2.05) is 0 Å². The Bertz CT molecular complexity index is 251. The van der Waals surface area contributed by atoms with Gasteiger partial charge >= 0.3 is 12.1 Å². The number of carbonyl (C=O) groups is 1. The van der Waals surface area contributed by atoms with Crippen molar-refractivity contribution in [2.75, 3.05) is 0 Å². The summed E-state index contributed by atoms with van der Waals surface area (Å²) in [5.41, 5.74) is 0.475. The molecule has 0 aromatic heterocycles. The van der Waals surface area contributed by atoms with Gasteiger partial charge < -0.3 is 4.74 Å². The maximum absolute atomic E-state index is 11.8. The SMILES string of the molecule is C[Si](C)(C)C1CC(OC(=O)C(F)(F)F)C1. The summed E-state index contributed by atoms with van der Waals surface area (Å²) < 4.78 is 39.8. The molecule has 0 amide bonds. The Labute approximate surface area is 87.8 Å². The summed E-state index contributed by atoms with van der Waals surface area (Å²) in [6.07, 6.45) is -4.19. The molecule has 1 fully saturated rings. The van der Waals surface area contributed by atoms with Crippen LogP contribution in [0, 0.1) is 0 Å². The van der Waals surface area contributed by atoms with E-state index in [1.54, 1.807) is 0 Å². The van der Waals surface area contributed by atoms with Crippen molar-refractivity contribution in [1.82, 2.24) is 0 Å². The number of carbonyl (C=O) groups excluding carboxylic acids is 1. The molecule has 0 N–H and O–H groups in total. The number of alkyl halides is 3. The maximum atomic E-state index is 11.8. The normalized spacial score (nSPS) is 27.1. The molecule has 1 aliphatic carbocycles. The lowest BCUT2D eigenvalue weighted by atomic mass is 9.95. The lowest BCUT2D eigenvalue weighted by Crippen LogP contribution is -2.43. The standard InChI is InChI=1S/C9H15F3O2Si/c1-15(2,3)7-4-6(5-7)14-8(13)9(10,11)12/h6-7H,4-5H2,1-3H3. The molecule has 15 heavy (non-hydrogen) atoms. The summed E-state index contributed by atoms with van der Waals surface area (Å²) in [7, 11) is -1.29. The third kappa shape index (κ3) is 3.22. The molecular formula is C9H15F3O2Si. The van der Waals surface area contributed by atoms with E-state index in [-0.39, 0.29) is 0 Å². The Hall–Kier alpha value is -0.523. The van der Waals surface area contributed by atoms with Gasteiger partial charge in [-0.2, -0.15) is 13.2 Å². The lowest BCUT2D eigenvalue weighted by molar-refractivity contribution is -0.208. The van der Waals surface area contributed by atoms with Crippen LogP contribution >= 0.6 is 0 Å². The maximum Gasteiger partial charge on any atom is 0.490 e. The van der Waals surface area contributed by atoms with E-state index in [9.17, 15) is 18.0 Å². The predicted molar refractivity (Wildman–Crippen MR) is 52.3 cm³/mol. The van der Waals surface area contributed by atoms with E-state index in [4.69, 9.17) is 0 Å². The topological polar surface area (TPSA) is 26.3 Å². The van der Waals surface area contributed by atoms with E-state index in [2.05, 4.69) is 24.4 Å². The zero-order chi connectivity index (χ0) is 11.9. The Morgan fingerprint density at radius 3 is 2.07 bits per heavy atom. The fraction of sp³-hybridized carbons (Fsp3) is 0.889. The van der Waals surface area contributed by atoms with E-state index in [1.165, 1.54) is 0 Å². The van der Waals surface area contributed by atoms with Crippen molar-refractivity contribution in [2.45, 2.75) is 50.3 Å². The van der Waals surface area contributed by atoms with Crippen molar-refractivity contribution >= 4 is 14.0 Å².